The summed E-state index contributed by atoms with van der Waals surface area (Å²) in [5, 5.41) is 5.10. The molecule has 0 bridgehead atoms. The monoisotopic (exact) mass is 303 g/mol. The zero-order valence-electron chi connectivity index (χ0n) is 11.3. The van der Waals surface area contributed by atoms with E-state index in [9.17, 15) is 13.2 Å². The molecule has 1 aromatic rings. The summed E-state index contributed by atoms with van der Waals surface area (Å²) in [7, 11) is -2.52. The molecule has 0 aliphatic heterocycles. The maximum atomic E-state index is 11.7. The number of methoxy groups -OCH3 is 1. The quantitative estimate of drug-likeness (QED) is 0.582. The number of primary sulfonamides is 1. The van der Waals surface area contributed by atoms with Gasteiger partial charge < -0.3 is 14.2 Å². The Morgan fingerprint density at radius 1 is 1.30 bits per heavy atom. The Hall–Kier alpha value is -1.64. The molecule has 0 unspecified atom stereocenters. The van der Waals surface area contributed by atoms with E-state index in [1.54, 1.807) is 6.92 Å². The second kappa shape index (κ2) is 7.22. The van der Waals surface area contributed by atoms with Gasteiger partial charge in [-0.3, -0.25) is 0 Å². The van der Waals surface area contributed by atoms with Crippen molar-refractivity contribution in [2.75, 3.05) is 26.9 Å². The Bertz CT molecular complexity index is 569. The van der Waals surface area contributed by atoms with Gasteiger partial charge in [0, 0.05) is 7.11 Å². The number of carbonyl (C=O) groups excluding carboxylic acids is 1. The van der Waals surface area contributed by atoms with Gasteiger partial charge in [0.15, 0.2) is 0 Å². The average Bonchev–Trinajstić information content (AvgIpc) is 2.38. The minimum atomic E-state index is -3.99. The number of carbonyl (C=O) groups is 1. The van der Waals surface area contributed by atoms with E-state index in [4.69, 9.17) is 19.3 Å². The Balaban J connectivity index is 3.03. The average molecular weight is 303 g/mol. The summed E-state index contributed by atoms with van der Waals surface area (Å²) in [6.07, 6.45) is 0. The van der Waals surface area contributed by atoms with Gasteiger partial charge in [0.1, 0.15) is 17.3 Å². The van der Waals surface area contributed by atoms with Crippen molar-refractivity contribution in [3.63, 3.8) is 0 Å². The van der Waals surface area contributed by atoms with Crippen molar-refractivity contribution < 1.29 is 27.4 Å². The maximum Gasteiger partial charge on any atom is 0.338 e. The molecule has 0 atom stereocenters. The van der Waals surface area contributed by atoms with Crippen LogP contribution in [0.15, 0.2) is 23.1 Å². The molecule has 0 saturated carbocycles. The molecule has 2 N–H and O–H groups in total. The lowest BCUT2D eigenvalue weighted by molar-refractivity contribution is 0.0388. The van der Waals surface area contributed by atoms with E-state index < -0.39 is 16.0 Å². The van der Waals surface area contributed by atoms with E-state index in [1.807, 2.05) is 0 Å². The van der Waals surface area contributed by atoms with Crippen LogP contribution < -0.4 is 9.88 Å². The van der Waals surface area contributed by atoms with Crippen molar-refractivity contribution in [1.29, 1.82) is 0 Å². The number of ether oxygens (including phenoxy) is 3. The molecule has 0 radical (unpaired) electrons. The van der Waals surface area contributed by atoms with E-state index in [0.717, 1.165) is 6.07 Å². The predicted octanol–water partition coefficient (Wildman–Crippen LogP) is 0.536. The minimum absolute atomic E-state index is 0.0766. The first-order chi connectivity index (χ1) is 9.40. The minimum Gasteiger partial charge on any atom is -0.492 e. The van der Waals surface area contributed by atoms with Crippen LogP contribution in [0, 0.1) is 0 Å². The van der Waals surface area contributed by atoms with Crippen molar-refractivity contribution >= 4 is 16.0 Å². The van der Waals surface area contributed by atoms with Crippen LogP contribution in [-0.2, 0) is 19.5 Å². The Labute approximate surface area is 117 Å². The van der Waals surface area contributed by atoms with Crippen molar-refractivity contribution in [1.82, 2.24) is 0 Å². The van der Waals surface area contributed by atoms with Gasteiger partial charge in [0.05, 0.1) is 18.8 Å². The van der Waals surface area contributed by atoms with Crippen LogP contribution in [0.3, 0.4) is 0 Å². The van der Waals surface area contributed by atoms with Gasteiger partial charge in [0.25, 0.3) is 0 Å². The number of nitrogens with two attached hydrogens (primary N) is 1. The molecule has 0 saturated heterocycles. The summed E-state index contributed by atoms with van der Waals surface area (Å²) in [4.78, 5) is 11.5. The van der Waals surface area contributed by atoms with Crippen LogP contribution in [0.4, 0.5) is 0 Å². The molecule has 0 amide bonds. The predicted molar refractivity (Wildman–Crippen MR) is 71.1 cm³/mol. The topological polar surface area (TPSA) is 105 Å². The molecular formula is C12H17NO6S. The fourth-order valence-corrected chi connectivity index (χ4v) is 2.13. The lowest BCUT2D eigenvalue weighted by Crippen LogP contribution is -2.16. The number of rotatable bonds is 7. The van der Waals surface area contributed by atoms with Gasteiger partial charge in [-0.15, -0.1) is 0 Å². The Kier molecular flexibility index (Phi) is 5.93. The first-order valence-electron chi connectivity index (χ1n) is 5.85. The second-order valence-corrected chi connectivity index (χ2v) is 5.30. The summed E-state index contributed by atoms with van der Waals surface area (Å²) in [5.74, 6) is -0.557. The third-order valence-corrected chi connectivity index (χ3v) is 3.24. The van der Waals surface area contributed by atoms with Crippen molar-refractivity contribution in [2.45, 2.75) is 11.8 Å². The van der Waals surface area contributed by atoms with Crippen LogP contribution in [-0.4, -0.2) is 41.3 Å². The van der Waals surface area contributed by atoms with Gasteiger partial charge in [0.2, 0.25) is 10.0 Å². The van der Waals surface area contributed by atoms with Gasteiger partial charge in [-0.05, 0) is 25.1 Å². The highest BCUT2D eigenvalue weighted by atomic mass is 32.2. The summed E-state index contributed by atoms with van der Waals surface area (Å²) in [6, 6.07) is 3.92. The lowest BCUT2D eigenvalue weighted by Gasteiger charge is -2.10. The molecule has 0 heterocycles. The number of hydrogen-bond acceptors (Lipinski definition) is 6. The first kappa shape index (κ1) is 16.4. The molecule has 1 rings (SSSR count). The number of benzene rings is 1. The van der Waals surface area contributed by atoms with Gasteiger partial charge in [-0.2, -0.15) is 0 Å². The third-order valence-electron chi connectivity index (χ3n) is 2.31. The summed E-state index contributed by atoms with van der Waals surface area (Å²) in [6.45, 7) is 2.32. The molecule has 0 fully saturated rings. The van der Waals surface area contributed by atoms with Crippen LogP contribution in [0.1, 0.15) is 17.3 Å². The van der Waals surface area contributed by atoms with Crippen molar-refractivity contribution in [2.24, 2.45) is 5.14 Å². The van der Waals surface area contributed by atoms with Gasteiger partial charge >= 0.3 is 5.97 Å². The van der Waals surface area contributed by atoms with Crippen molar-refractivity contribution in [3.05, 3.63) is 23.8 Å². The van der Waals surface area contributed by atoms with E-state index in [-0.39, 0.29) is 36.0 Å². The van der Waals surface area contributed by atoms with E-state index in [1.165, 1.54) is 19.2 Å². The maximum absolute atomic E-state index is 11.7. The fraction of sp³-hybridized carbons (Fsp3) is 0.417. The highest BCUT2D eigenvalue weighted by molar-refractivity contribution is 7.89. The molecule has 0 aliphatic rings. The molecule has 0 aliphatic carbocycles. The summed E-state index contributed by atoms with van der Waals surface area (Å²) in [5.41, 5.74) is 0.0774. The van der Waals surface area contributed by atoms with Gasteiger partial charge in [-0.25, -0.2) is 18.4 Å². The number of sulfonamides is 1. The first-order valence-corrected chi connectivity index (χ1v) is 7.40. The zero-order chi connectivity index (χ0) is 15.2. The fourth-order valence-electron chi connectivity index (χ4n) is 1.43. The van der Waals surface area contributed by atoms with E-state index >= 15 is 0 Å². The zero-order valence-corrected chi connectivity index (χ0v) is 12.1. The van der Waals surface area contributed by atoms with Crippen LogP contribution in [0.25, 0.3) is 0 Å². The highest BCUT2D eigenvalue weighted by Gasteiger charge is 2.19. The summed E-state index contributed by atoms with van der Waals surface area (Å²) >= 11 is 0. The van der Waals surface area contributed by atoms with Crippen LogP contribution >= 0.6 is 0 Å². The molecule has 1 aromatic carbocycles. The molecular weight excluding hydrogens is 286 g/mol. The third kappa shape index (κ3) is 4.48. The van der Waals surface area contributed by atoms with E-state index in [2.05, 4.69) is 0 Å². The van der Waals surface area contributed by atoms with Crippen LogP contribution in [0.5, 0.6) is 5.75 Å². The number of esters is 1. The lowest BCUT2D eigenvalue weighted by atomic mass is 10.2. The molecule has 0 aromatic heterocycles. The Morgan fingerprint density at radius 3 is 2.55 bits per heavy atom. The normalized spacial score (nSPS) is 11.2. The van der Waals surface area contributed by atoms with Gasteiger partial charge in [-0.1, -0.05) is 0 Å². The smallest absolute Gasteiger partial charge is 0.338 e. The molecule has 7 nitrogen and oxygen atoms in total. The highest BCUT2D eigenvalue weighted by Crippen LogP contribution is 2.24. The molecule has 20 heavy (non-hydrogen) atoms. The largest absolute Gasteiger partial charge is 0.492 e. The summed E-state index contributed by atoms with van der Waals surface area (Å²) < 4.78 is 37.8. The van der Waals surface area contributed by atoms with Crippen molar-refractivity contribution in [3.8, 4) is 5.75 Å². The molecule has 8 heteroatoms. The Morgan fingerprint density at radius 2 is 2.00 bits per heavy atom. The van der Waals surface area contributed by atoms with Crippen LogP contribution in [0.2, 0.25) is 0 Å². The number of hydrogen-bond donors (Lipinski definition) is 1. The van der Waals surface area contributed by atoms with E-state index in [0.29, 0.717) is 0 Å². The molecule has 112 valence electrons. The SMILES string of the molecule is CCOc1ccc(C(=O)OCCOC)cc1S(N)(=O)=O. The second-order valence-electron chi connectivity index (χ2n) is 3.77. The standard InChI is InChI=1S/C12H17NO6S/c1-3-18-10-5-4-9(8-11(10)20(13,15)16)12(14)19-7-6-17-2/h4-5,8H,3,6-7H2,1-2H3,(H2,13,15,16). The molecule has 0 spiro atoms.